The van der Waals surface area contributed by atoms with E-state index in [1.807, 2.05) is 0 Å². The van der Waals surface area contributed by atoms with Crippen molar-refractivity contribution >= 4 is 12.1 Å². The van der Waals surface area contributed by atoms with Gasteiger partial charge in [-0.1, -0.05) is 12.1 Å². The van der Waals surface area contributed by atoms with Gasteiger partial charge in [0.1, 0.15) is 18.4 Å². The molecule has 0 bridgehead atoms. The first kappa shape index (κ1) is 16.3. The first-order valence-corrected chi connectivity index (χ1v) is 6.84. The highest BCUT2D eigenvalue weighted by molar-refractivity contribution is 5.80. The number of aromatic amines is 1. The molecule has 0 aliphatic rings. The number of H-pyrrole nitrogens is 1. The van der Waals surface area contributed by atoms with Gasteiger partial charge in [-0.3, -0.25) is 0 Å². The SMILES string of the molecule is COc1ccc(COC(=O)NC(Cc2cnc[nH]2)C(=O)O)cc1. The minimum Gasteiger partial charge on any atom is -0.497 e. The van der Waals surface area contributed by atoms with Crippen LogP contribution in [0.1, 0.15) is 11.3 Å². The number of carbonyl (C=O) groups is 2. The normalized spacial score (nSPS) is 11.5. The molecule has 1 amide bonds. The van der Waals surface area contributed by atoms with Crippen LogP contribution in [-0.4, -0.2) is 40.3 Å². The first-order chi connectivity index (χ1) is 11.1. The summed E-state index contributed by atoms with van der Waals surface area (Å²) in [6, 6.07) is 5.90. The molecule has 2 aromatic rings. The predicted octanol–water partition coefficient (Wildman–Crippen LogP) is 1.34. The topological polar surface area (TPSA) is 114 Å². The van der Waals surface area contributed by atoms with E-state index in [0.717, 1.165) is 5.56 Å². The molecule has 0 saturated heterocycles. The van der Waals surface area contributed by atoms with Crippen molar-refractivity contribution in [2.75, 3.05) is 7.11 Å². The van der Waals surface area contributed by atoms with E-state index in [-0.39, 0.29) is 13.0 Å². The number of nitrogens with zero attached hydrogens (tertiary/aromatic N) is 1. The Bertz CT molecular complexity index is 640. The average molecular weight is 319 g/mol. The van der Waals surface area contributed by atoms with E-state index in [1.165, 1.54) is 12.5 Å². The standard InChI is InChI=1S/C15H17N3O5/c1-22-12-4-2-10(3-5-12)8-23-15(21)18-13(14(19)20)6-11-7-16-9-17-11/h2-5,7,9,13H,6,8H2,1H3,(H,16,17)(H,18,21)(H,19,20). The molecule has 3 N–H and O–H groups in total. The Morgan fingerprint density at radius 2 is 2.09 bits per heavy atom. The fourth-order valence-electron chi connectivity index (χ4n) is 1.87. The Labute approximate surface area is 132 Å². The highest BCUT2D eigenvalue weighted by Gasteiger charge is 2.21. The van der Waals surface area contributed by atoms with Gasteiger partial charge in [0.05, 0.1) is 13.4 Å². The molecule has 0 saturated carbocycles. The van der Waals surface area contributed by atoms with E-state index in [2.05, 4.69) is 15.3 Å². The number of aliphatic carboxylic acids is 1. The van der Waals surface area contributed by atoms with E-state index in [9.17, 15) is 9.59 Å². The van der Waals surface area contributed by atoms with Gasteiger partial charge in [-0.05, 0) is 17.7 Å². The van der Waals surface area contributed by atoms with Crippen molar-refractivity contribution in [2.45, 2.75) is 19.1 Å². The number of benzene rings is 1. The molecule has 1 heterocycles. The summed E-state index contributed by atoms with van der Waals surface area (Å²) in [6.45, 7) is 0.0340. The average Bonchev–Trinajstić information content (AvgIpc) is 3.06. The maximum absolute atomic E-state index is 11.7. The molecule has 0 radical (unpaired) electrons. The van der Waals surface area contributed by atoms with Gasteiger partial charge < -0.3 is 24.9 Å². The second kappa shape index (κ2) is 7.83. The summed E-state index contributed by atoms with van der Waals surface area (Å²) in [5.74, 6) is -0.454. The van der Waals surface area contributed by atoms with Gasteiger partial charge in [0, 0.05) is 18.3 Å². The van der Waals surface area contributed by atoms with Crippen LogP contribution in [0.2, 0.25) is 0 Å². The first-order valence-electron chi connectivity index (χ1n) is 6.84. The number of methoxy groups -OCH3 is 1. The minimum atomic E-state index is -1.15. The number of imidazole rings is 1. The number of rotatable bonds is 7. The summed E-state index contributed by atoms with van der Waals surface area (Å²) < 4.78 is 10.1. The number of hydrogen-bond donors (Lipinski definition) is 3. The molecule has 0 spiro atoms. The number of nitrogens with one attached hydrogen (secondary N) is 2. The van der Waals surface area contributed by atoms with E-state index in [4.69, 9.17) is 14.6 Å². The molecule has 0 aliphatic carbocycles. The van der Waals surface area contributed by atoms with Crippen LogP contribution in [0.5, 0.6) is 5.75 Å². The highest BCUT2D eigenvalue weighted by Crippen LogP contribution is 2.12. The zero-order valence-electron chi connectivity index (χ0n) is 12.5. The van der Waals surface area contributed by atoms with Gasteiger partial charge in [0.25, 0.3) is 0 Å². The molecule has 1 unspecified atom stereocenters. The van der Waals surface area contributed by atoms with Crippen molar-refractivity contribution < 1.29 is 24.2 Å². The van der Waals surface area contributed by atoms with Gasteiger partial charge in [-0.15, -0.1) is 0 Å². The third kappa shape index (κ3) is 5.03. The third-order valence-electron chi connectivity index (χ3n) is 3.10. The number of ether oxygens (including phenoxy) is 2. The second-order valence-corrected chi connectivity index (χ2v) is 4.74. The Kier molecular flexibility index (Phi) is 5.56. The van der Waals surface area contributed by atoms with Crippen molar-refractivity contribution in [1.82, 2.24) is 15.3 Å². The number of amides is 1. The number of carboxylic acids is 1. The molecule has 0 aliphatic heterocycles. The summed E-state index contributed by atoms with van der Waals surface area (Å²) in [4.78, 5) is 29.5. The molecular weight excluding hydrogens is 302 g/mol. The molecule has 23 heavy (non-hydrogen) atoms. The van der Waals surface area contributed by atoms with Gasteiger partial charge in [0.15, 0.2) is 0 Å². The Balaban J connectivity index is 1.84. The summed E-state index contributed by atoms with van der Waals surface area (Å²) in [5, 5.41) is 11.5. The van der Waals surface area contributed by atoms with Crippen molar-refractivity contribution in [2.24, 2.45) is 0 Å². The van der Waals surface area contributed by atoms with Crippen molar-refractivity contribution in [3.8, 4) is 5.75 Å². The van der Waals surface area contributed by atoms with Gasteiger partial charge in [-0.25, -0.2) is 14.6 Å². The fourth-order valence-corrected chi connectivity index (χ4v) is 1.87. The molecule has 0 fully saturated rings. The largest absolute Gasteiger partial charge is 0.497 e. The number of carbonyl (C=O) groups excluding carboxylic acids is 1. The quantitative estimate of drug-likeness (QED) is 0.709. The van der Waals surface area contributed by atoms with Crippen molar-refractivity contribution in [3.63, 3.8) is 0 Å². The number of aromatic nitrogens is 2. The Morgan fingerprint density at radius 1 is 1.35 bits per heavy atom. The molecule has 1 aromatic carbocycles. The van der Waals surface area contributed by atoms with Crippen LogP contribution >= 0.6 is 0 Å². The molecular formula is C15H17N3O5. The maximum atomic E-state index is 11.7. The molecule has 1 aromatic heterocycles. The summed E-state index contributed by atoms with van der Waals surface area (Å²) in [5.41, 5.74) is 1.37. The zero-order valence-corrected chi connectivity index (χ0v) is 12.5. The summed E-state index contributed by atoms with van der Waals surface area (Å²) >= 11 is 0. The lowest BCUT2D eigenvalue weighted by Gasteiger charge is -2.14. The van der Waals surface area contributed by atoms with Crippen LogP contribution in [0, 0.1) is 0 Å². The number of hydrogen-bond acceptors (Lipinski definition) is 5. The van der Waals surface area contributed by atoms with Crippen LogP contribution in [0.15, 0.2) is 36.8 Å². The molecule has 122 valence electrons. The highest BCUT2D eigenvalue weighted by atomic mass is 16.5. The van der Waals surface area contributed by atoms with Gasteiger partial charge >= 0.3 is 12.1 Å². The van der Waals surface area contributed by atoms with Crippen molar-refractivity contribution in [1.29, 1.82) is 0 Å². The predicted molar refractivity (Wildman–Crippen MR) is 80.0 cm³/mol. The second-order valence-electron chi connectivity index (χ2n) is 4.74. The minimum absolute atomic E-state index is 0.0340. The maximum Gasteiger partial charge on any atom is 0.408 e. The Hall–Kier alpha value is -3.03. The van der Waals surface area contributed by atoms with E-state index < -0.39 is 18.1 Å². The molecule has 8 nitrogen and oxygen atoms in total. The molecule has 2 rings (SSSR count). The van der Waals surface area contributed by atoms with Crippen LogP contribution < -0.4 is 10.1 Å². The lowest BCUT2D eigenvalue weighted by molar-refractivity contribution is -0.139. The molecule has 8 heteroatoms. The fraction of sp³-hybridized carbons (Fsp3) is 0.267. The lowest BCUT2D eigenvalue weighted by atomic mass is 10.2. The molecule has 1 atom stereocenters. The van der Waals surface area contributed by atoms with Gasteiger partial charge in [0.2, 0.25) is 0 Å². The monoisotopic (exact) mass is 319 g/mol. The van der Waals surface area contributed by atoms with E-state index in [0.29, 0.717) is 11.4 Å². The lowest BCUT2D eigenvalue weighted by Crippen LogP contribution is -2.42. The zero-order chi connectivity index (χ0) is 16.7. The smallest absolute Gasteiger partial charge is 0.408 e. The van der Waals surface area contributed by atoms with Crippen LogP contribution in [-0.2, 0) is 22.6 Å². The summed E-state index contributed by atoms with van der Waals surface area (Å²) in [6.07, 6.45) is 2.23. The van der Waals surface area contributed by atoms with Crippen LogP contribution in [0.3, 0.4) is 0 Å². The van der Waals surface area contributed by atoms with Gasteiger partial charge in [-0.2, -0.15) is 0 Å². The van der Waals surface area contributed by atoms with E-state index >= 15 is 0 Å². The number of alkyl carbamates (subject to hydrolysis) is 1. The van der Waals surface area contributed by atoms with Crippen LogP contribution in [0.4, 0.5) is 4.79 Å². The van der Waals surface area contributed by atoms with E-state index in [1.54, 1.807) is 31.4 Å². The number of carboxylic acid groups (broad SMARTS) is 1. The summed E-state index contributed by atoms with van der Waals surface area (Å²) in [7, 11) is 1.56. The van der Waals surface area contributed by atoms with Crippen LogP contribution in [0.25, 0.3) is 0 Å². The third-order valence-corrected chi connectivity index (χ3v) is 3.10. The van der Waals surface area contributed by atoms with Crippen molar-refractivity contribution in [3.05, 3.63) is 48.0 Å². The Morgan fingerprint density at radius 3 is 2.65 bits per heavy atom.